The molecular formula is C21H22N2O4S. The number of fused-ring (bicyclic) bond motifs is 1. The van der Waals surface area contributed by atoms with Crippen molar-refractivity contribution in [1.82, 2.24) is 5.32 Å². The predicted octanol–water partition coefficient (Wildman–Crippen LogP) is 2.83. The normalized spacial score (nSPS) is 29.2. The van der Waals surface area contributed by atoms with Gasteiger partial charge in [-0.15, -0.1) is 11.3 Å². The van der Waals surface area contributed by atoms with E-state index in [9.17, 15) is 14.4 Å². The second-order valence-electron chi connectivity index (χ2n) is 7.41. The number of ether oxygens (including phenoxy) is 1. The van der Waals surface area contributed by atoms with Crippen LogP contribution >= 0.6 is 11.3 Å². The first kappa shape index (κ1) is 18.8. The van der Waals surface area contributed by atoms with Crippen LogP contribution in [0.4, 0.5) is 5.69 Å². The minimum Gasteiger partial charge on any atom is -0.465 e. The van der Waals surface area contributed by atoms with Crippen LogP contribution in [-0.4, -0.2) is 29.9 Å². The highest BCUT2D eigenvalue weighted by molar-refractivity contribution is 7.10. The third kappa shape index (κ3) is 2.69. The highest BCUT2D eigenvalue weighted by atomic mass is 32.1. The molecule has 4 rings (SSSR count). The molecule has 146 valence electrons. The molecule has 0 saturated carbocycles. The lowest BCUT2D eigenvalue weighted by atomic mass is 9.81. The molecular weight excluding hydrogens is 376 g/mol. The number of carbonyl (C=O) groups excluding carboxylic acids is 3. The molecule has 0 bridgehead atoms. The molecule has 6 nitrogen and oxygen atoms in total. The molecule has 0 unspecified atom stereocenters. The van der Waals surface area contributed by atoms with Crippen LogP contribution in [0.15, 0.2) is 41.8 Å². The Labute approximate surface area is 167 Å². The highest BCUT2D eigenvalue weighted by Crippen LogP contribution is 2.50. The molecule has 1 N–H and O–H groups in total. The second kappa shape index (κ2) is 6.83. The average Bonchev–Trinajstić information content (AvgIpc) is 3.35. The maximum absolute atomic E-state index is 13.4. The number of anilines is 1. The first-order chi connectivity index (χ1) is 13.4. The Bertz CT molecular complexity index is 924. The Hall–Kier alpha value is -2.51. The molecule has 28 heavy (non-hydrogen) atoms. The van der Waals surface area contributed by atoms with E-state index in [1.165, 1.54) is 16.2 Å². The largest absolute Gasteiger partial charge is 0.465 e. The summed E-state index contributed by atoms with van der Waals surface area (Å²) >= 11 is 1.50. The first-order valence-corrected chi connectivity index (χ1v) is 10.2. The summed E-state index contributed by atoms with van der Waals surface area (Å²) in [7, 11) is 0. The van der Waals surface area contributed by atoms with Gasteiger partial charge >= 0.3 is 5.97 Å². The van der Waals surface area contributed by atoms with Gasteiger partial charge in [0.2, 0.25) is 11.8 Å². The number of imide groups is 1. The van der Waals surface area contributed by atoms with Gasteiger partial charge in [0.05, 0.1) is 30.2 Å². The average molecular weight is 398 g/mol. The van der Waals surface area contributed by atoms with Gasteiger partial charge in [-0.25, -0.2) is 4.90 Å². The van der Waals surface area contributed by atoms with Crippen molar-refractivity contribution in [3.63, 3.8) is 0 Å². The molecule has 2 fully saturated rings. The maximum atomic E-state index is 13.4. The van der Waals surface area contributed by atoms with Gasteiger partial charge in [0.1, 0.15) is 5.54 Å². The lowest BCUT2D eigenvalue weighted by Gasteiger charge is -2.29. The molecule has 1 aromatic heterocycles. The molecule has 2 aliphatic heterocycles. The summed E-state index contributed by atoms with van der Waals surface area (Å²) in [6.45, 7) is 5.55. The number of esters is 1. The molecule has 4 atom stereocenters. The number of carbonyl (C=O) groups is 3. The van der Waals surface area contributed by atoms with E-state index in [0.29, 0.717) is 5.69 Å². The Morgan fingerprint density at radius 1 is 1.21 bits per heavy atom. The highest BCUT2D eigenvalue weighted by Gasteiger charge is 2.67. The van der Waals surface area contributed by atoms with Crippen LogP contribution in [0.3, 0.4) is 0 Å². The van der Waals surface area contributed by atoms with Gasteiger partial charge in [0.15, 0.2) is 0 Å². The first-order valence-electron chi connectivity index (χ1n) is 9.31. The number of nitrogens with one attached hydrogen (secondary N) is 1. The number of nitrogens with zero attached hydrogens (tertiary/aromatic N) is 1. The molecule has 1 aromatic carbocycles. The Balaban J connectivity index is 1.80. The van der Waals surface area contributed by atoms with Crippen LogP contribution in [0.25, 0.3) is 0 Å². The third-order valence-corrected chi connectivity index (χ3v) is 6.58. The topological polar surface area (TPSA) is 75.7 Å². The molecule has 0 radical (unpaired) electrons. The molecule has 2 amide bonds. The van der Waals surface area contributed by atoms with Crippen molar-refractivity contribution in [3.05, 3.63) is 52.2 Å². The fourth-order valence-corrected chi connectivity index (χ4v) is 5.09. The fourth-order valence-electron chi connectivity index (χ4n) is 4.27. The number of hydrogen-bond donors (Lipinski definition) is 1. The van der Waals surface area contributed by atoms with Crippen LogP contribution in [0.5, 0.6) is 0 Å². The summed E-state index contributed by atoms with van der Waals surface area (Å²) in [6.07, 6.45) is 0. The van der Waals surface area contributed by atoms with Crippen molar-refractivity contribution in [2.75, 3.05) is 11.5 Å². The zero-order chi connectivity index (χ0) is 20.1. The number of benzene rings is 1. The molecule has 7 heteroatoms. The molecule has 3 heterocycles. The van der Waals surface area contributed by atoms with E-state index in [1.807, 2.05) is 36.6 Å². The molecule has 0 spiro atoms. The lowest BCUT2D eigenvalue weighted by Crippen LogP contribution is -2.54. The van der Waals surface area contributed by atoms with E-state index in [4.69, 9.17) is 4.74 Å². The predicted molar refractivity (Wildman–Crippen MR) is 106 cm³/mol. The molecule has 2 saturated heterocycles. The van der Waals surface area contributed by atoms with Gasteiger partial charge in [-0.2, -0.15) is 0 Å². The van der Waals surface area contributed by atoms with Crippen molar-refractivity contribution in [1.29, 1.82) is 0 Å². The Morgan fingerprint density at radius 2 is 1.93 bits per heavy atom. The zero-order valence-corrected chi connectivity index (χ0v) is 16.8. The summed E-state index contributed by atoms with van der Waals surface area (Å²) < 4.78 is 5.26. The molecule has 2 aromatic rings. The van der Waals surface area contributed by atoms with Crippen LogP contribution in [0, 0.1) is 18.8 Å². The maximum Gasteiger partial charge on any atom is 0.326 e. The van der Waals surface area contributed by atoms with Crippen LogP contribution in [0.2, 0.25) is 0 Å². The van der Waals surface area contributed by atoms with Crippen molar-refractivity contribution < 1.29 is 19.1 Å². The number of hydrogen-bond acceptors (Lipinski definition) is 6. The summed E-state index contributed by atoms with van der Waals surface area (Å²) in [6, 6.07) is 10.7. The molecule has 0 aliphatic carbocycles. The van der Waals surface area contributed by atoms with Crippen molar-refractivity contribution in [2.24, 2.45) is 11.8 Å². The lowest BCUT2D eigenvalue weighted by molar-refractivity contribution is -0.153. The minimum absolute atomic E-state index is 0.209. The van der Waals surface area contributed by atoms with Gasteiger partial charge in [-0.05, 0) is 44.4 Å². The van der Waals surface area contributed by atoms with E-state index in [1.54, 1.807) is 26.0 Å². The number of rotatable bonds is 4. The Morgan fingerprint density at radius 3 is 2.54 bits per heavy atom. The number of amides is 2. The van der Waals surface area contributed by atoms with Gasteiger partial charge in [-0.3, -0.25) is 19.7 Å². The SMILES string of the molecule is CCOC(=O)[C@@]1(C)N[C@@H](c2cccs2)[C@H]2C(=O)N(c3ccc(C)cc3)C(=O)[C@H]21. The third-order valence-electron chi connectivity index (χ3n) is 5.63. The number of thiophene rings is 1. The van der Waals surface area contributed by atoms with Gasteiger partial charge < -0.3 is 4.74 Å². The van der Waals surface area contributed by atoms with Crippen LogP contribution in [-0.2, 0) is 19.1 Å². The molecule has 2 aliphatic rings. The van der Waals surface area contributed by atoms with E-state index in [0.717, 1.165) is 10.4 Å². The van der Waals surface area contributed by atoms with Gasteiger partial charge in [-0.1, -0.05) is 23.8 Å². The standard InChI is InChI=1S/C21H22N2O4S/c1-4-27-20(26)21(3)16-15(17(22-21)14-6-5-11-28-14)18(24)23(19(16)25)13-9-7-12(2)8-10-13/h5-11,15-17,22H,4H2,1-3H3/t15-,16-,17-,21-/m0/s1. The Kier molecular flexibility index (Phi) is 4.59. The zero-order valence-electron chi connectivity index (χ0n) is 16.0. The van der Waals surface area contributed by atoms with Crippen LogP contribution in [0.1, 0.15) is 30.3 Å². The van der Waals surface area contributed by atoms with E-state index >= 15 is 0 Å². The van der Waals surface area contributed by atoms with Gasteiger partial charge in [0, 0.05) is 4.88 Å². The van der Waals surface area contributed by atoms with E-state index < -0.39 is 29.4 Å². The van der Waals surface area contributed by atoms with Crippen molar-refractivity contribution in [3.8, 4) is 0 Å². The number of aryl methyl sites for hydroxylation is 1. The van der Waals surface area contributed by atoms with E-state index in [2.05, 4.69) is 5.32 Å². The smallest absolute Gasteiger partial charge is 0.326 e. The van der Waals surface area contributed by atoms with Gasteiger partial charge in [0.25, 0.3) is 0 Å². The van der Waals surface area contributed by atoms with E-state index in [-0.39, 0.29) is 18.4 Å². The summed E-state index contributed by atoms with van der Waals surface area (Å²) in [5.74, 6) is -2.61. The summed E-state index contributed by atoms with van der Waals surface area (Å²) in [5.41, 5.74) is 0.310. The minimum atomic E-state index is -1.26. The summed E-state index contributed by atoms with van der Waals surface area (Å²) in [4.78, 5) is 41.7. The summed E-state index contributed by atoms with van der Waals surface area (Å²) in [5, 5.41) is 5.19. The van der Waals surface area contributed by atoms with Crippen LogP contribution < -0.4 is 10.2 Å². The quantitative estimate of drug-likeness (QED) is 0.633. The second-order valence-corrected chi connectivity index (χ2v) is 8.39. The fraction of sp³-hybridized carbons (Fsp3) is 0.381. The van der Waals surface area contributed by atoms with Crippen molar-refractivity contribution >= 4 is 34.8 Å². The van der Waals surface area contributed by atoms with Crippen molar-refractivity contribution in [2.45, 2.75) is 32.4 Å². The monoisotopic (exact) mass is 398 g/mol.